The summed E-state index contributed by atoms with van der Waals surface area (Å²) in [6, 6.07) is 10.7. The topological polar surface area (TPSA) is 82.1 Å². The number of ether oxygens (including phenoxy) is 3. The third-order valence-corrected chi connectivity index (χ3v) is 6.85. The molecule has 2 aromatic carbocycles. The first-order chi connectivity index (χ1) is 17.3. The zero-order valence-corrected chi connectivity index (χ0v) is 23.4. The molecule has 190 valence electrons. The summed E-state index contributed by atoms with van der Waals surface area (Å²) < 4.78 is 18.2. The van der Waals surface area contributed by atoms with Gasteiger partial charge in [-0.1, -0.05) is 18.2 Å². The first-order valence-electron chi connectivity index (χ1n) is 11.5. The predicted octanol–water partition coefficient (Wildman–Crippen LogP) is 5.99. The molecule has 0 aromatic heterocycles. The number of esters is 1. The van der Waals surface area contributed by atoms with E-state index in [9.17, 15) is 14.4 Å². The van der Waals surface area contributed by atoms with Gasteiger partial charge in [-0.15, -0.1) is 6.58 Å². The van der Waals surface area contributed by atoms with Crippen molar-refractivity contribution >= 4 is 57.5 Å². The molecule has 36 heavy (non-hydrogen) atoms. The van der Waals surface area contributed by atoms with Crippen LogP contribution in [0.4, 0.5) is 4.79 Å². The van der Waals surface area contributed by atoms with Crippen LogP contribution in [0.1, 0.15) is 37.5 Å². The standard InChI is InChI=1S/C27H28INO6S/c1-5-8-20-13-19(15-23-25(30)29(27(32)36-23)17(4)26(31)34-7-3)14-22(33-6-2)24(20)35-16-18-9-11-21(28)12-10-18/h5,9-15,17H,1,6-8,16H2,2-4H3/b23-15+/t17-/m1/s1. The minimum Gasteiger partial charge on any atom is -0.490 e. The Morgan fingerprint density at radius 1 is 1.14 bits per heavy atom. The average molecular weight is 621 g/mol. The number of nitrogens with zero attached hydrogens (tertiary/aromatic N) is 1. The number of amides is 2. The molecule has 1 aliphatic heterocycles. The van der Waals surface area contributed by atoms with Crippen molar-refractivity contribution in [1.82, 2.24) is 4.90 Å². The number of allylic oxidation sites excluding steroid dienone is 1. The number of halogens is 1. The Hall–Kier alpha value is -2.79. The first kappa shape index (κ1) is 27.8. The number of carbonyl (C=O) groups excluding carboxylic acids is 3. The molecule has 0 aliphatic carbocycles. The highest BCUT2D eigenvalue weighted by atomic mass is 127. The van der Waals surface area contributed by atoms with Crippen molar-refractivity contribution in [3.63, 3.8) is 0 Å². The van der Waals surface area contributed by atoms with Crippen molar-refractivity contribution < 1.29 is 28.6 Å². The normalized spacial score (nSPS) is 15.2. The molecule has 0 radical (unpaired) electrons. The van der Waals surface area contributed by atoms with Gasteiger partial charge in [0.05, 0.1) is 18.1 Å². The lowest BCUT2D eigenvalue weighted by Crippen LogP contribution is -2.42. The molecule has 1 fully saturated rings. The minimum atomic E-state index is -1.00. The number of hydrogen-bond donors (Lipinski definition) is 0. The van der Waals surface area contributed by atoms with E-state index in [1.807, 2.05) is 37.3 Å². The van der Waals surface area contributed by atoms with E-state index < -0.39 is 23.2 Å². The molecular weight excluding hydrogens is 593 g/mol. The second-order valence-corrected chi connectivity index (χ2v) is 10.1. The maximum Gasteiger partial charge on any atom is 0.329 e. The molecule has 9 heteroatoms. The molecule has 3 rings (SSSR count). The van der Waals surface area contributed by atoms with E-state index in [0.717, 1.165) is 31.4 Å². The molecule has 1 atom stereocenters. The Morgan fingerprint density at radius 3 is 2.50 bits per heavy atom. The third-order valence-electron chi connectivity index (χ3n) is 5.25. The summed E-state index contributed by atoms with van der Waals surface area (Å²) in [5.41, 5.74) is 2.54. The van der Waals surface area contributed by atoms with Gasteiger partial charge in [-0.3, -0.25) is 14.5 Å². The molecule has 0 spiro atoms. The van der Waals surface area contributed by atoms with Crippen LogP contribution in [0, 0.1) is 3.57 Å². The molecule has 1 saturated heterocycles. The van der Waals surface area contributed by atoms with Gasteiger partial charge in [-0.25, -0.2) is 4.79 Å². The van der Waals surface area contributed by atoms with E-state index in [1.54, 1.807) is 25.1 Å². The first-order valence-corrected chi connectivity index (χ1v) is 13.4. The zero-order chi connectivity index (χ0) is 26.2. The monoisotopic (exact) mass is 621 g/mol. The van der Waals surface area contributed by atoms with Crippen molar-refractivity contribution in [2.75, 3.05) is 13.2 Å². The van der Waals surface area contributed by atoms with Crippen LogP contribution in [0.25, 0.3) is 6.08 Å². The Labute approximate surface area is 229 Å². The summed E-state index contributed by atoms with van der Waals surface area (Å²) in [4.78, 5) is 38.8. The Balaban J connectivity index is 1.92. The van der Waals surface area contributed by atoms with E-state index in [4.69, 9.17) is 14.2 Å². The highest BCUT2D eigenvalue weighted by Gasteiger charge is 2.41. The minimum absolute atomic E-state index is 0.166. The third kappa shape index (κ3) is 6.70. The van der Waals surface area contributed by atoms with Crippen LogP contribution in [0.15, 0.2) is 54.0 Å². The van der Waals surface area contributed by atoms with Gasteiger partial charge in [0.2, 0.25) is 0 Å². The van der Waals surface area contributed by atoms with Gasteiger partial charge in [0.1, 0.15) is 12.6 Å². The lowest BCUT2D eigenvalue weighted by molar-refractivity contribution is -0.150. The van der Waals surface area contributed by atoms with Crippen molar-refractivity contribution in [3.05, 3.63) is 74.2 Å². The second-order valence-electron chi connectivity index (χ2n) is 7.83. The maximum atomic E-state index is 13.0. The van der Waals surface area contributed by atoms with Crippen molar-refractivity contribution in [2.24, 2.45) is 0 Å². The summed E-state index contributed by atoms with van der Waals surface area (Å²) >= 11 is 3.05. The molecular formula is C27H28INO6S. The molecule has 0 N–H and O–H groups in total. The van der Waals surface area contributed by atoms with E-state index in [0.29, 0.717) is 36.7 Å². The van der Waals surface area contributed by atoms with Crippen molar-refractivity contribution in [1.29, 1.82) is 0 Å². The molecule has 2 aromatic rings. The summed E-state index contributed by atoms with van der Waals surface area (Å²) in [6.45, 7) is 9.83. The van der Waals surface area contributed by atoms with Gasteiger partial charge < -0.3 is 14.2 Å². The van der Waals surface area contributed by atoms with Crippen LogP contribution in [-0.2, 0) is 27.4 Å². The number of rotatable bonds is 11. The molecule has 7 nitrogen and oxygen atoms in total. The molecule has 0 unspecified atom stereocenters. The van der Waals surface area contributed by atoms with Gasteiger partial charge in [0.15, 0.2) is 11.5 Å². The SMILES string of the molecule is C=CCc1cc(/C=C2/SC(=O)N([C@H](C)C(=O)OCC)C2=O)cc(OCC)c1OCc1ccc(I)cc1. The van der Waals surface area contributed by atoms with E-state index in [-0.39, 0.29) is 11.5 Å². The van der Waals surface area contributed by atoms with Gasteiger partial charge >= 0.3 is 5.97 Å². The van der Waals surface area contributed by atoms with Gasteiger partial charge in [-0.2, -0.15) is 0 Å². The highest BCUT2D eigenvalue weighted by Crippen LogP contribution is 2.38. The summed E-state index contributed by atoms with van der Waals surface area (Å²) in [7, 11) is 0. The maximum absolute atomic E-state index is 13.0. The number of thioether (sulfide) groups is 1. The lowest BCUT2D eigenvalue weighted by atomic mass is 10.0. The Bertz CT molecular complexity index is 1180. The molecule has 1 heterocycles. The smallest absolute Gasteiger partial charge is 0.329 e. The van der Waals surface area contributed by atoms with E-state index in [2.05, 4.69) is 29.2 Å². The molecule has 0 saturated carbocycles. The second kappa shape index (κ2) is 13.0. The zero-order valence-electron chi connectivity index (χ0n) is 20.4. The predicted molar refractivity (Wildman–Crippen MR) is 149 cm³/mol. The molecule has 1 aliphatic rings. The van der Waals surface area contributed by atoms with Crippen molar-refractivity contribution in [2.45, 2.75) is 39.8 Å². The number of imide groups is 1. The van der Waals surface area contributed by atoms with Gasteiger partial charge in [0.25, 0.3) is 11.1 Å². The van der Waals surface area contributed by atoms with Gasteiger partial charge in [-0.05, 0) is 103 Å². The summed E-state index contributed by atoms with van der Waals surface area (Å²) in [6.07, 6.45) is 3.91. The molecule has 0 bridgehead atoms. The fourth-order valence-electron chi connectivity index (χ4n) is 3.57. The van der Waals surface area contributed by atoms with Crippen LogP contribution >= 0.6 is 34.4 Å². The fourth-order valence-corrected chi connectivity index (χ4v) is 4.84. The van der Waals surface area contributed by atoms with Crippen molar-refractivity contribution in [3.8, 4) is 11.5 Å². The number of hydrogen-bond acceptors (Lipinski definition) is 7. The largest absolute Gasteiger partial charge is 0.490 e. The van der Waals surface area contributed by atoms with Crippen LogP contribution in [-0.4, -0.2) is 41.3 Å². The fraction of sp³-hybridized carbons (Fsp3) is 0.296. The van der Waals surface area contributed by atoms with Crippen LogP contribution in [0.3, 0.4) is 0 Å². The van der Waals surface area contributed by atoms with Crippen LogP contribution in [0.5, 0.6) is 11.5 Å². The quantitative estimate of drug-likeness (QED) is 0.132. The Kier molecular flexibility index (Phi) is 10.0. The molecule has 2 amide bonds. The number of carbonyl (C=O) groups is 3. The van der Waals surface area contributed by atoms with E-state index >= 15 is 0 Å². The average Bonchev–Trinajstić information content (AvgIpc) is 3.12. The summed E-state index contributed by atoms with van der Waals surface area (Å²) in [5, 5.41) is -0.513. The highest BCUT2D eigenvalue weighted by molar-refractivity contribution is 14.1. The van der Waals surface area contributed by atoms with Crippen LogP contribution < -0.4 is 9.47 Å². The van der Waals surface area contributed by atoms with E-state index in [1.165, 1.54) is 6.92 Å². The van der Waals surface area contributed by atoms with Gasteiger partial charge in [0, 0.05) is 9.13 Å². The summed E-state index contributed by atoms with van der Waals surface area (Å²) in [5.74, 6) is -0.0142. The Morgan fingerprint density at radius 2 is 1.86 bits per heavy atom. The van der Waals surface area contributed by atoms with Crippen LogP contribution in [0.2, 0.25) is 0 Å². The number of benzene rings is 2. The lowest BCUT2D eigenvalue weighted by Gasteiger charge is -2.19.